The van der Waals surface area contributed by atoms with Gasteiger partial charge in [-0.15, -0.1) is 11.3 Å². The first-order valence-electron chi connectivity index (χ1n) is 10.3. The molecule has 2 aromatic rings. The minimum Gasteiger partial charge on any atom is -0.371 e. The number of aryl methyl sites for hydroxylation is 4. The maximum absolute atomic E-state index is 12.8. The van der Waals surface area contributed by atoms with Crippen molar-refractivity contribution in [3.05, 3.63) is 44.9 Å². The summed E-state index contributed by atoms with van der Waals surface area (Å²) in [6.45, 7) is 4.86. The molecule has 27 heavy (non-hydrogen) atoms. The standard InChI is InChI=1S/C22H29N3OS/c1-16-10-11-19(25-13-4-5-14-25)17(15-16)22(26)23-12-6-9-21-24-18-7-2-3-8-20(18)27-21/h10-11,15H,2-9,12-14H2,1H3,(H,23,26). The van der Waals surface area contributed by atoms with Crippen molar-refractivity contribution in [1.29, 1.82) is 0 Å². The Labute approximate surface area is 166 Å². The van der Waals surface area contributed by atoms with Crippen LogP contribution in [0, 0.1) is 6.92 Å². The second-order valence-electron chi connectivity index (χ2n) is 7.76. The van der Waals surface area contributed by atoms with Crippen LogP contribution in [-0.4, -0.2) is 30.5 Å². The summed E-state index contributed by atoms with van der Waals surface area (Å²) < 4.78 is 0. The lowest BCUT2D eigenvalue weighted by Gasteiger charge is -2.21. The SMILES string of the molecule is Cc1ccc(N2CCCC2)c(C(=O)NCCCc2nc3c(s2)CCCC3)c1. The predicted octanol–water partition coefficient (Wildman–Crippen LogP) is 4.29. The van der Waals surface area contributed by atoms with Gasteiger partial charge >= 0.3 is 0 Å². The van der Waals surface area contributed by atoms with Crippen LogP contribution in [0.4, 0.5) is 5.69 Å². The lowest BCUT2D eigenvalue weighted by atomic mass is 10.0. The van der Waals surface area contributed by atoms with Gasteiger partial charge in [-0.1, -0.05) is 11.6 Å². The zero-order valence-electron chi connectivity index (χ0n) is 16.2. The fourth-order valence-electron chi connectivity index (χ4n) is 4.11. The Kier molecular flexibility index (Phi) is 5.77. The van der Waals surface area contributed by atoms with Crippen molar-refractivity contribution in [2.75, 3.05) is 24.5 Å². The maximum atomic E-state index is 12.8. The Morgan fingerprint density at radius 3 is 2.81 bits per heavy atom. The number of fused-ring (bicyclic) bond motifs is 1. The molecule has 5 heteroatoms. The van der Waals surface area contributed by atoms with Crippen molar-refractivity contribution in [2.45, 2.75) is 58.3 Å². The molecule has 2 heterocycles. The van der Waals surface area contributed by atoms with Crippen molar-refractivity contribution >= 4 is 22.9 Å². The van der Waals surface area contributed by atoms with E-state index < -0.39 is 0 Å². The van der Waals surface area contributed by atoms with Crippen LogP contribution in [0.15, 0.2) is 18.2 Å². The number of anilines is 1. The van der Waals surface area contributed by atoms with Gasteiger partial charge in [0.15, 0.2) is 0 Å². The molecule has 1 aliphatic carbocycles. The average molecular weight is 384 g/mol. The Balaban J connectivity index is 1.33. The van der Waals surface area contributed by atoms with Gasteiger partial charge in [0, 0.05) is 36.6 Å². The topological polar surface area (TPSA) is 45.2 Å². The molecule has 4 rings (SSSR count). The van der Waals surface area contributed by atoms with Crippen molar-refractivity contribution in [2.24, 2.45) is 0 Å². The Hall–Kier alpha value is -1.88. The fourth-order valence-corrected chi connectivity index (χ4v) is 5.31. The van der Waals surface area contributed by atoms with Gasteiger partial charge in [-0.05, 0) is 64.0 Å². The second-order valence-corrected chi connectivity index (χ2v) is 8.93. The predicted molar refractivity (Wildman–Crippen MR) is 112 cm³/mol. The molecule has 0 bridgehead atoms. The maximum Gasteiger partial charge on any atom is 0.253 e. The zero-order chi connectivity index (χ0) is 18.6. The van der Waals surface area contributed by atoms with E-state index in [2.05, 4.69) is 29.3 Å². The number of aromatic nitrogens is 1. The molecule has 0 atom stereocenters. The number of nitrogens with one attached hydrogen (secondary N) is 1. The molecule has 2 aliphatic rings. The molecule has 1 amide bonds. The highest BCUT2D eigenvalue weighted by molar-refractivity contribution is 7.11. The second kappa shape index (κ2) is 8.42. The van der Waals surface area contributed by atoms with Gasteiger partial charge in [-0.25, -0.2) is 4.98 Å². The fraction of sp³-hybridized carbons (Fsp3) is 0.545. The third kappa shape index (κ3) is 4.34. The highest BCUT2D eigenvalue weighted by Crippen LogP contribution is 2.28. The van der Waals surface area contributed by atoms with Gasteiger partial charge in [0.25, 0.3) is 5.91 Å². The van der Waals surface area contributed by atoms with Gasteiger partial charge in [0.05, 0.1) is 16.3 Å². The van der Waals surface area contributed by atoms with Crippen LogP contribution in [0.1, 0.15) is 63.6 Å². The number of carbonyl (C=O) groups excluding carboxylic acids is 1. The molecule has 4 nitrogen and oxygen atoms in total. The van der Waals surface area contributed by atoms with E-state index in [1.807, 2.05) is 17.4 Å². The number of hydrogen-bond donors (Lipinski definition) is 1. The van der Waals surface area contributed by atoms with Gasteiger partial charge in [-0.3, -0.25) is 4.79 Å². The molecule has 0 saturated carbocycles. The van der Waals surface area contributed by atoms with Crippen LogP contribution >= 0.6 is 11.3 Å². The Morgan fingerprint density at radius 1 is 1.19 bits per heavy atom. The van der Waals surface area contributed by atoms with E-state index in [4.69, 9.17) is 4.98 Å². The third-order valence-corrected chi connectivity index (χ3v) is 6.80. The van der Waals surface area contributed by atoms with Crippen LogP contribution in [-0.2, 0) is 19.3 Å². The number of carbonyl (C=O) groups is 1. The number of amides is 1. The van der Waals surface area contributed by atoms with Gasteiger partial charge in [0.1, 0.15) is 0 Å². The molecule has 0 unspecified atom stereocenters. The molecular formula is C22H29N3OS. The van der Waals surface area contributed by atoms with Crippen molar-refractivity contribution < 1.29 is 4.79 Å². The first-order valence-corrected chi connectivity index (χ1v) is 11.1. The number of rotatable bonds is 6. The highest BCUT2D eigenvalue weighted by atomic mass is 32.1. The number of hydrogen-bond acceptors (Lipinski definition) is 4. The lowest BCUT2D eigenvalue weighted by molar-refractivity contribution is 0.0953. The van der Waals surface area contributed by atoms with E-state index in [-0.39, 0.29) is 5.91 Å². The highest BCUT2D eigenvalue weighted by Gasteiger charge is 2.19. The molecule has 0 spiro atoms. The van der Waals surface area contributed by atoms with E-state index in [1.165, 1.54) is 47.7 Å². The van der Waals surface area contributed by atoms with E-state index in [0.717, 1.165) is 49.2 Å². The summed E-state index contributed by atoms with van der Waals surface area (Å²) in [7, 11) is 0. The molecule has 0 radical (unpaired) electrons. The van der Waals surface area contributed by atoms with Crippen molar-refractivity contribution in [3.8, 4) is 0 Å². The summed E-state index contributed by atoms with van der Waals surface area (Å²) >= 11 is 1.88. The first kappa shape index (κ1) is 18.5. The smallest absolute Gasteiger partial charge is 0.253 e. The van der Waals surface area contributed by atoms with Crippen LogP contribution in [0.3, 0.4) is 0 Å². The zero-order valence-corrected chi connectivity index (χ0v) is 17.0. The van der Waals surface area contributed by atoms with Crippen molar-refractivity contribution in [3.63, 3.8) is 0 Å². The normalized spacial score (nSPS) is 16.4. The summed E-state index contributed by atoms with van der Waals surface area (Å²) in [4.78, 5) is 21.4. The van der Waals surface area contributed by atoms with E-state index in [0.29, 0.717) is 6.54 Å². The third-order valence-electron chi connectivity index (χ3n) is 5.59. The van der Waals surface area contributed by atoms with E-state index in [1.54, 1.807) is 0 Å². The molecule has 144 valence electrons. The summed E-state index contributed by atoms with van der Waals surface area (Å²) in [5, 5.41) is 4.37. The summed E-state index contributed by atoms with van der Waals surface area (Å²) in [5.41, 5.74) is 4.38. The molecule has 1 saturated heterocycles. The van der Waals surface area contributed by atoms with Gasteiger partial charge < -0.3 is 10.2 Å². The average Bonchev–Trinajstić information content (AvgIpc) is 3.34. The van der Waals surface area contributed by atoms with E-state index in [9.17, 15) is 4.79 Å². The molecule has 1 fully saturated rings. The van der Waals surface area contributed by atoms with Gasteiger partial charge in [-0.2, -0.15) is 0 Å². The van der Waals surface area contributed by atoms with Crippen LogP contribution in [0.5, 0.6) is 0 Å². The van der Waals surface area contributed by atoms with E-state index >= 15 is 0 Å². The Bertz CT molecular complexity index is 784. The largest absolute Gasteiger partial charge is 0.371 e. The summed E-state index contributed by atoms with van der Waals surface area (Å²) in [6, 6.07) is 6.24. The lowest BCUT2D eigenvalue weighted by Crippen LogP contribution is -2.28. The summed E-state index contributed by atoms with van der Waals surface area (Å²) in [5.74, 6) is 0.0547. The molecule has 1 aliphatic heterocycles. The van der Waals surface area contributed by atoms with Crippen LogP contribution in [0.2, 0.25) is 0 Å². The minimum absolute atomic E-state index is 0.0547. The monoisotopic (exact) mass is 383 g/mol. The first-order chi connectivity index (χ1) is 13.2. The van der Waals surface area contributed by atoms with Crippen molar-refractivity contribution in [1.82, 2.24) is 10.3 Å². The molecule has 1 N–H and O–H groups in total. The molecule has 1 aromatic carbocycles. The Morgan fingerprint density at radius 2 is 2.00 bits per heavy atom. The molecule has 1 aromatic heterocycles. The minimum atomic E-state index is 0.0547. The molecular weight excluding hydrogens is 354 g/mol. The quantitative estimate of drug-likeness (QED) is 0.757. The number of nitrogens with zero attached hydrogens (tertiary/aromatic N) is 2. The van der Waals surface area contributed by atoms with Gasteiger partial charge in [0.2, 0.25) is 0 Å². The van der Waals surface area contributed by atoms with Crippen LogP contribution < -0.4 is 10.2 Å². The van der Waals surface area contributed by atoms with Crippen LogP contribution in [0.25, 0.3) is 0 Å². The summed E-state index contributed by atoms with van der Waals surface area (Å²) in [6.07, 6.45) is 9.28. The number of benzene rings is 1. The number of thiazole rings is 1.